The van der Waals surface area contributed by atoms with E-state index in [1.54, 1.807) is 0 Å². The molecule has 0 aromatic heterocycles. The molecule has 2 rings (SSSR count). The van der Waals surface area contributed by atoms with E-state index in [-0.39, 0.29) is 18.6 Å². The SMILES string of the molecule is COC(CO)OCC(C)C(COCc1ccccc1)OCc1ccccc1. The Kier molecular flexibility index (Phi) is 10.0. The van der Waals surface area contributed by atoms with Crippen LogP contribution in [0.4, 0.5) is 0 Å². The van der Waals surface area contributed by atoms with Crippen molar-refractivity contribution in [1.82, 2.24) is 0 Å². The van der Waals surface area contributed by atoms with Gasteiger partial charge in [-0.2, -0.15) is 0 Å². The van der Waals surface area contributed by atoms with Gasteiger partial charge in [0.25, 0.3) is 0 Å². The molecule has 0 spiro atoms. The Hall–Kier alpha value is -1.76. The van der Waals surface area contributed by atoms with Crippen LogP contribution in [0.2, 0.25) is 0 Å². The molecule has 5 nitrogen and oxygen atoms in total. The molecule has 0 saturated heterocycles. The largest absolute Gasteiger partial charge is 0.391 e. The number of methoxy groups -OCH3 is 1. The number of hydrogen-bond donors (Lipinski definition) is 1. The van der Waals surface area contributed by atoms with Crippen LogP contribution in [0.1, 0.15) is 18.1 Å². The summed E-state index contributed by atoms with van der Waals surface area (Å²) in [6, 6.07) is 20.1. The van der Waals surface area contributed by atoms with E-state index >= 15 is 0 Å². The molecular formula is C22H30O5. The van der Waals surface area contributed by atoms with Gasteiger partial charge in [0.05, 0.1) is 39.1 Å². The topological polar surface area (TPSA) is 57.2 Å². The highest BCUT2D eigenvalue weighted by Crippen LogP contribution is 2.14. The first kappa shape index (κ1) is 21.5. The first-order valence-electron chi connectivity index (χ1n) is 9.25. The summed E-state index contributed by atoms with van der Waals surface area (Å²) in [5.74, 6) is 0.0775. The molecule has 0 fully saturated rings. The lowest BCUT2D eigenvalue weighted by Gasteiger charge is -2.26. The second-order valence-electron chi connectivity index (χ2n) is 6.49. The molecule has 3 unspecified atom stereocenters. The van der Waals surface area contributed by atoms with Crippen LogP contribution in [-0.4, -0.2) is 44.4 Å². The third-order valence-corrected chi connectivity index (χ3v) is 4.29. The van der Waals surface area contributed by atoms with Crippen molar-refractivity contribution in [3.63, 3.8) is 0 Å². The first-order chi connectivity index (χ1) is 13.2. The smallest absolute Gasteiger partial charge is 0.180 e. The average molecular weight is 374 g/mol. The molecule has 148 valence electrons. The minimum absolute atomic E-state index is 0.0775. The number of ether oxygens (including phenoxy) is 4. The minimum atomic E-state index is -0.618. The van der Waals surface area contributed by atoms with E-state index in [4.69, 9.17) is 18.9 Å². The van der Waals surface area contributed by atoms with E-state index in [1.165, 1.54) is 7.11 Å². The molecule has 0 aliphatic heterocycles. The summed E-state index contributed by atoms with van der Waals surface area (Å²) in [6.45, 7) is 3.79. The highest BCUT2D eigenvalue weighted by Gasteiger charge is 2.20. The maximum atomic E-state index is 9.19. The highest BCUT2D eigenvalue weighted by atomic mass is 16.7. The fraction of sp³-hybridized carbons (Fsp3) is 0.455. The molecule has 0 amide bonds. The van der Waals surface area contributed by atoms with Crippen molar-refractivity contribution in [3.05, 3.63) is 71.8 Å². The maximum Gasteiger partial charge on any atom is 0.180 e. The van der Waals surface area contributed by atoms with E-state index in [2.05, 4.69) is 0 Å². The standard InChI is InChI=1S/C22H30O5/c1-18(14-27-22(13-23)24-2)21(26-16-20-11-7-4-8-12-20)17-25-15-19-9-5-3-6-10-19/h3-12,18,21-23H,13-17H2,1-2H3. The third kappa shape index (κ3) is 8.20. The molecule has 0 aliphatic rings. The Morgan fingerprint density at radius 1 is 0.815 bits per heavy atom. The maximum absolute atomic E-state index is 9.19. The number of benzene rings is 2. The summed E-state index contributed by atoms with van der Waals surface area (Å²) in [5, 5.41) is 9.19. The van der Waals surface area contributed by atoms with E-state index in [0.717, 1.165) is 11.1 Å². The zero-order valence-corrected chi connectivity index (χ0v) is 16.1. The predicted octanol–water partition coefficient (Wildman–Crippen LogP) is 3.41. The van der Waals surface area contributed by atoms with Gasteiger partial charge in [0, 0.05) is 13.0 Å². The zero-order chi connectivity index (χ0) is 19.3. The molecule has 5 heteroatoms. The van der Waals surface area contributed by atoms with Gasteiger partial charge in [0.1, 0.15) is 0 Å². The van der Waals surface area contributed by atoms with E-state index in [9.17, 15) is 5.11 Å². The molecule has 0 radical (unpaired) electrons. The van der Waals surface area contributed by atoms with Crippen LogP contribution >= 0.6 is 0 Å². The Labute approximate surface area is 161 Å². The van der Waals surface area contributed by atoms with Crippen LogP contribution in [0.15, 0.2) is 60.7 Å². The van der Waals surface area contributed by atoms with Crippen molar-refractivity contribution in [3.8, 4) is 0 Å². The van der Waals surface area contributed by atoms with E-state index in [1.807, 2.05) is 67.6 Å². The normalized spacial score (nSPS) is 14.6. The first-order valence-corrected chi connectivity index (χ1v) is 9.25. The summed E-state index contributed by atoms with van der Waals surface area (Å²) < 4.78 is 22.7. The lowest BCUT2D eigenvalue weighted by Crippen LogP contribution is -2.33. The lowest BCUT2D eigenvalue weighted by atomic mass is 10.1. The Balaban J connectivity index is 1.87. The van der Waals surface area contributed by atoms with Crippen molar-refractivity contribution in [2.24, 2.45) is 5.92 Å². The Morgan fingerprint density at radius 3 is 1.96 bits per heavy atom. The van der Waals surface area contributed by atoms with Gasteiger partial charge in [0.15, 0.2) is 6.29 Å². The van der Waals surface area contributed by atoms with Crippen LogP contribution in [0.25, 0.3) is 0 Å². The molecule has 27 heavy (non-hydrogen) atoms. The van der Waals surface area contributed by atoms with Gasteiger partial charge >= 0.3 is 0 Å². The van der Waals surface area contributed by atoms with Gasteiger partial charge in [-0.1, -0.05) is 67.6 Å². The van der Waals surface area contributed by atoms with E-state index < -0.39 is 6.29 Å². The minimum Gasteiger partial charge on any atom is -0.391 e. The average Bonchev–Trinajstić information content (AvgIpc) is 2.72. The lowest BCUT2D eigenvalue weighted by molar-refractivity contribution is -0.165. The zero-order valence-electron chi connectivity index (χ0n) is 16.1. The van der Waals surface area contributed by atoms with Crippen molar-refractivity contribution in [2.45, 2.75) is 32.5 Å². The van der Waals surface area contributed by atoms with Crippen LogP contribution < -0.4 is 0 Å². The van der Waals surface area contributed by atoms with Gasteiger partial charge in [-0.15, -0.1) is 0 Å². The molecular weight excluding hydrogens is 344 g/mol. The predicted molar refractivity (Wildman–Crippen MR) is 104 cm³/mol. The molecule has 1 N–H and O–H groups in total. The van der Waals surface area contributed by atoms with Gasteiger partial charge in [-0.3, -0.25) is 0 Å². The van der Waals surface area contributed by atoms with Crippen molar-refractivity contribution < 1.29 is 24.1 Å². The molecule has 0 aliphatic carbocycles. The van der Waals surface area contributed by atoms with Crippen molar-refractivity contribution in [2.75, 3.05) is 26.9 Å². The Bertz CT molecular complexity index is 601. The van der Waals surface area contributed by atoms with Crippen molar-refractivity contribution in [1.29, 1.82) is 0 Å². The number of aliphatic hydroxyl groups is 1. The van der Waals surface area contributed by atoms with Gasteiger partial charge in [-0.25, -0.2) is 0 Å². The number of hydrogen-bond acceptors (Lipinski definition) is 5. The second kappa shape index (κ2) is 12.6. The number of rotatable bonds is 13. The van der Waals surface area contributed by atoms with Gasteiger partial charge in [-0.05, 0) is 11.1 Å². The fourth-order valence-corrected chi connectivity index (χ4v) is 2.58. The van der Waals surface area contributed by atoms with Gasteiger partial charge < -0.3 is 24.1 Å². The molecule has 0 heterocycles. The van der Waals surface area contributed by atoms with Crippen LogP contribution in [0.5, 0.6) is 0 Å². The summed E-state index contributed by atoms with van der Waals surface area (Å²) in [5.41, 5.74) is 2.24. The van der Waals surface area contributed by atoms with Crippen molar-refractivity contribution >= 4 is 0 Å². The summed E-state index contributed by atoms with van der Waals surface area (Å²) >= 11 is 0. The monoisotopic (exact) mass is 374 g/mol. The summed E-state index contributed by atoms with van der Waals surface area (Å²) in [4.78, 5) is 0. The summed E-state index contributed by atoms with van der Waals surface area (Å²) in [6.07, 6.45) is -0.752. The highest BCUT2D eigenvalue weighted by molar-refractivity contribution is 5.14. The number of aliphatic hydroxyl groups excluding tert-OH is 1. The Morgan fingerprint density at radius 2 is 1.41 bits per heavy atom. The third-order valence-electron chi connectivity index (χ3n) is 4.29. The van der Waals surface area contributed by atoms with Crippen LogP contribution in [0.3, 0.4) is 0 Å². The quantitative estimate of drug-likeness (QED) is 0.545. The van der Waals surface area contributed by atoms with E-state index in [0.29, 0.717) is 26.4 Å². The van der Waals surface area contributed by atoms with Gasteiger partial charge in [0.2, 0.25) is 0 Å². The molecule has 0 bridgehead atoms. The van der Waals surface area contributed by atoms with Crippen LogP contribution in [-0.2, 0) is 32.2 Å². The summed E-state index contributed by atoms with van der Waals surface area (Å²) in [7, 11) is 1.51. The molecule has 0 saturated carbocycles. The second-order valence-corrected chi connectivity index (χ2v) is 6.49. The molecule has 2 aromatic carbocycles. The molecule has 3 atom stereocenters. The molecule has 2 aromatic rings. The van der Waals surface area contributed by atoms with Crippen LogP contribution in [0, 0.1) is 5.92 Å². The fourth-order valence-electron chi connectivity index (χ4n) is 2.58.